The lowest BCUT2D eigenvalue weighted by atomic mass is 10.1. The molecule has 1 aromatic carbocycles. The van der Waals surface area contributed by atoms with Gasteiger partial charge in [-0.05, 0) is 56.1 Å². The molecule has 18 heavy (non-hydrogen) atoms. The molecular weight excluding hydrogens is 407 g/mol. The first-order valence-corrected chi connectivity index (χ1v) is 7.35. The van der Waals surface area contributed by atoms with Crippen molar-refractivity contribution in [1.29, 1.82) is 0 Å². The number of alkyl halides is 1. The highest BCUT2D eigenvalue weighted by atomic mass is 79.9. The number of halogens is 4. The van der Waals surface area contributed by atoms with Gasteiger partial charge in [-0.1, -0.05) is 11.6 Å². The molecule has 0 fully saturated rings. The highest BCUT2D eigenvalue weighted by Crippen LogP contribution is 2.41. The summed E-state index contributed by atoms with van der Waals surface area (Å²) in [6.45, 7) is 0. The monoisotopic (exact) mass is 412 g/mol. The summed E-state index contributed by atoms with van der Waals surface area (Å²) < 4.78 is 12.2. The molecule has 0 aliphatic carbocycles. The predicted molar refractivity (Wildman–Crippen MR) is 79.8 cm³/mol. The van der Waals surface area contributed by atoms with Gasteiger partial charge in [-0.2, -0.15) is 0 Å². The van der Waals surface area contributed by atoms with Crippen molar-refractivity contribution in [3.8, 4) is 5.75 Å². The Morgan fingerprint density at radius 3 is 2.56 bits per heavy atom. The van der Waals surface area contributed by atoms with Crippen molar-refractivity contribution in [3.63, 3.8) is 0 Å². The van der Waals surface area contributed by atoms with Crippen molar-refractivity contribution in [2.24, 2.45) is 0 Å². The second kappa shape index (κ2) is 5.87. The molecule has 0 radical (unpaired) electrons. The lowest BCUT2D eigenvalue weighted by molar-refractivity contribution is 0.404. The van der Waals surface area contributed by atoms with Gasteiger partial charge in [-0.3, -0.25) is 0 Å². The van der Waals surface area contributed by atoms with Crippen molar-refractivity contribution >= 4 is 55.1 Å². The zero-order valence-corrected chi connectivity index (χ0v) is 13.9. The lowest BCUT2D eigenvalue weighted by Gasteiger charge is -2.14. The van der Waals surface area contributed by atoms with Crippen LogP contribution in [0.25, 0.3) is 0 Å². The van der Waals surface area contributed by atoms with Crippen LogP contribution in [0.1, 0.15) is 16.7 Å². The van der Waals surface area contributed by atoms with Crippen molar-refractivity contribution in [3.05, 3.63) is 49.8 Å². The van der Waals surface area contributed by atoms with Crippen LogP contribution in [0.2, 0.25) is 5.02 Å². The Hall–Kier alpha value is -0.160. The fraction of sp³-hybridized carbons (Fsp3) is 0.167. The summed E-state index contributed by atoms with van der Waals surface area (Å²) in [4.78, 5) is 0. The fourth-order valence-corrected chi connectivity index (χ4v) is 3.20. The van der Waals surface area contributed by atoms with Crippen LogP contribution in [0.3, 0.4) is 0 Å². The molecule has 1 heterocycles. The minimum Gasteiger partial charge on any atom is -0.495 e. The molecule has 2 rings (SSSR count). The van der Waals surface area contributed by atoms with Crippen LogP contribution in [0.5, 0.6) is 5.75 Å². The molecule has 0 N–H and O–H groups in total. The fourth-order valence-electron chi connectivity index (χ4n) is 1.60. The van der Waals surface area contributed by atoms with Gasteiger partial charge in [-0.15, -0.1) is 11.6 Å². The molecule has 0 aliphatic rings. The van der Waals surface area contributed by atoms with E-state index in [2.05, 4.69) is 31.9 Å². The Morgan fingerprint density at radius 2 is 2.00 bits per heavy atom. The summed E-state index contributed by atoms with van der Waals surface area (Å²) >= 11 is 19.1. The molecule has 1 atom stereocenters. The molecule has 0 amide bonds. The highest BCUT2D eigenvalue weighted by Gasteiger charge is 2.21. The first kappa shape index (κ1) is 14.3. The Labute approximate surface area is 131 Å². The zero-order valence-electron chi connectivity index (χ0n) is 9.22. The number of benzene rings is 1. The number of methoxy groups -OCH3 is 1. The lowest BCUT2D eigenvalue weighted by Crippen LogP contribution is -1.97. The highest BCUT2D eigenvalue weighted by molar-refractivity contribution is 9.10. The third kappa shape index (κ3) is 2.87. The van der Waals surface area contributed by atoms with E-state index in [9.17, 15) is 0 Å². The van der Waals surface area contributed by atoms with E-state index in [4.69, 9.17) is 32.4 Å². The third-order valence-electron chi connectivity index (χ3n) is 2.36. The minimum atomic E-state index is -0.471. The van der Waals surface area contributed by atoms with Crippen LogP contribution in [0.4, 0.5) is 0 Å². The molecule has 2 aromatic rings. The second-order valence-electron chi connectivity index (χ2n) is 3.51. The van der Waals surface area contributed by atoms with E-state index in [0.717, 1.165) is 10.0 Å². The summed E-state index contributed by atoms with van der Waals surface area (Å²) in [5, 5.41) is 0.107. The standard InChI is InChI=1S/C12H8Br2Cl2O2/c1-17-12-7(4-6(15)5-8(12)13)11(16)9-2-3-10(14)18-9/h2-5,11H,1H3. The average molecular weight is 415 g/mol. The molecule has 1 aromatic heterocycles. The number of hydrogen-bond donors (Lipinski definition) is 0. The number of hydrogen-bond acceptors (Lipinski definition) is 2. The maximum absolute atomic E-state index is 6.40. The molecular formula is C12H8Br2Cl2O2. The number of furan rings is 1. The van der Waals surface area contributed by atoms with Gasteiger partial charge < -0.3 is 9.15 Å². The summed E-state index contributed by atoms with van der Waals surface area (Å²) in [6.07, 6.45) is 0. The normalized spacial score (nSPS) is 12.5. The predicted octanol–water partition coefficient (Wildman–Crippen LogP) is 5.79. The van der Waals surface area contributed by atoms with Crippen molar-refractivity contribution < 1.29 is 9.15 Å². The molecule has 0 spiro atoms. The zero-order chi connectivity index (χ0) is 13.3. The maximum Gasteiger partial charge on any atom is 0.169 e. The van der Waals surface area contributed by atoms with Gasteiger partial charge in [0.15, 0.2) is 4.67 Å². The van der Waals surface area contributed by atoms with Crippen LogP contribution in [0, 0.1) is 0 Å². The minimum absolute atomic E-state index is 0.471. The van der Waals surface area contributed by atoms with E-state index in [1.807, 2.05) is 0 Å². The van der Waals surface area contributed by atoms with Gasteiger partial charge in [0.25, 0.3) is 0 Å². The van der Waals surface area contributed by atoms with Crippen LogP contribution >= 0.6 is 55.1 Å². The molecule has 0 saturated carbocycles. The first-order valence-electron chi connectivity index (χ1n) is 4.95. The molecule has 6 heteroatoms. The van der Waals surface area contributed by atoms with E-state index in [1.165, 1.54) is 0 Å². The Morgan fingerprint density at radius 1 is 1.28 bits per heavy atom. The molecule has 1 unspecified atom stereocenters. The van der Waals surface area contributed by atoms with Crippen LogP contribution in [-0.4, -0.2) is 7.11 Å². The van der Waals surface area contributed by atoms with E-state index in [-0.39, 0.29) is 0 Å². The summed E-state index contributed by atoms with van der Waals surface area (Å²) in [5.41, 5.74) is 0.750. The number of rotatable bonds is 3. The van der Waals surface area contributed by atoms with Gasteiger partial charge in [0.2, 0.25) is 0 Å². The van der Waals surface area contributed by atoms with Crippen molar-refractivity contribution in [2.75, 3.05) is 7.11 Å². The Balaban J connectivity index is 2.49. The van der Waals surface area contributed by atoms with Crippen LogP contribution < -0.4 is 4.74 Å². The molecule has 0 saturated heterocycles. The first-order chi connectivity index (χ1) is 8.52. The third-order valence-corrected chi connectivity index (χ3v) is 4.04. The van der Waals surface area contributed by atoms with E-state index >= 15 is 0 Å². The van der Waals surface area contributed by atoms with Gasteiger partial charge in [0.1, 0.15) is 16.9 Å². The Bertz CT molecular complexity index is 569. The SMILES string of the molecule is COc1c(Br)cc(Cl)cc1C(Cl)c1ccc(Br)o1. The summed E-state index contributed by atoms with van der Waals surface area (Å²) in [5.74, 6) is 1.27. The maximum atomic E-state index is 6.40. The van der Waals surface area contributed by atoms with Crippen molar-refractivity contribution in [1.82, 2.24) is 0 Å². The molecule has 0 aliphatic heterocycles. The summed E-state index contributed by atoms with van der Waals surface area (Å²) in [6, 6.07) is 7.11. The molecule has 96 valence electrons. The summed E-state index contributed by atoms with van der Waals surface area (Å²) in [7, 11) is 1.58. The molecule has 2 nitrogen and oxygen atoms in total. The second-order valence-corrected chi connectivity index (χ2v) is 6.02. The van der Waals surface area contributed by atoms with Crippen molar-refractivity contribution in [2.45, 2.75) is 5.38 Å². The van der Waals surface area contributed by atoms with E-state index in [0.29, 0.717) is 21.2 Å². The van der Waals surface area contributed by atoms with Gasteiger partial charge in [0.05, 0.1) is 11.6 Å². The van der Waals surface area contributed by atoms with Gasteiger partial charge in [-0.25, -0.2) is 0 Å². The smallest absolute Gasteiger partial charge is 0.169 e. The van der Waals surface area contributed by atoms with Gasteiger partial charge >= 0.3 is 0 Å². The topological polar surface area (TPSA) is 22.4 Å². The van der Waals surface area contributed by atoms with Gasteiger partial charge in [0, 0.05) is 10.6 Å². The van der Waals surface area contributed by atoms with Crippen LogP contribution in [-0.2, 0) is 0 Å². The quantitative estimate of drug-likeness (QED) is 0.592. The average Bonchev–Trinajstić information content (AvgIpc) is 2.74. The van der Waals surface area contributed by atoms with E-state index in [1.54, 1.807) is 31.4 Å². The number of ether oxygens (including phenoxy) is 1. The van der Waals surface area contributed by atoms with Crippen LogP contribution in [0.15, 0.2) is 37.8 Å². The molecule has 0 bridgehead atoms. The van der Waals surface area contributed by atoms with E-state index < -0.39 is 5.38 Å². The Kier molecular flexibility index (Phi) is 4.64. The largest absolute Gasteiger partial charge is 0.495 e.